The fraction of sp³-hybridized carbons (Fsp3) is 0.529. The zero-order chi connectivity index (χ0) is 18.1. The molecule has 1 saturated carbocycles. The maximum atomic E-state index is 12.6. The molecule has 0 aliphatic heterocycles. The molecule has 132 valence electrons. The molecule has 2 rings (SSSR count). The predicted molar refractivity (Wildman–Crippen MR) is 88.3 cm³/mol. The first-order chi connectivity index (χ1) is 11.2. The molecule has 6 nitrogen and oxygen atoms in total. The Morgan fingerprint density at radius 1 is 1.04 bits per heavy atom. The van der Waals surface area contributed by atoms with Gasteiger partial charge in [0.15, 0.2) is 15.3 Å². The number of sulfone groups is 1. The molecule has 0 heterocycles. The number of aryl methyl sites for hydroxylation is 1. The lowest BCUT2D eigenvalue weighted by Crippen LogP contribution is -2.35. The first-order valence-corrected chi connectivity index (χ1v) is 9.76. The van der Waals surface area contributed by atoms with E-state index in [1.165, 1.54) is 0 Å². The molecule has 0 amide bonds. The Bertz CT molecular complexity index is 717. The number of carbonyl (C=O) groups is 2. The zero-order valence-electron chi connectivity index (χ0n) is 14.2. The summed E-state index contributed by atoms with van der Waals surface area (Å²) < 4.78 is 34.6. The van der Waals surface area contributed by atoms with E-state index in [1.54, 1.807) is 26.0 Å². The highest BCUT2D eigenvalue weighted by Crippen LogP contribution is 2.64. The molecule has 0 aromatic heterocycles. The summed E-state index contributed by atoms with van der Waals surface area (Å²) in [5.74, 6) is -2.49. The smallest absolute Gasteiger partial charge is 0.325 e. The van der Waals surface area contributed by atoms with Crippen LogP contribution < -0.4 is 0 Å². The fourth-order valence-corrected chi connectivity index (χ4v) is 5.03. The van der Waals surface area contributed by atoms with E-state index in [1.807, 2.05) is 19.1 Å². The van der Waals surface area contributed by atoms with Crippen LogP contribution >= 0.6 is 0 Å². The molecule has 1 fully saturated rings. The van der Waals surface area contributed by atoms with Gasteiger partial charge in [-0.3, -0.25) is 9.59 Å². The summed E-state index contributed by atoms with van der Waals surface area (Å²) >= 11 is 0. The van der Waals surface area contributed by atoms with E-state index in [2.05, 4.69) is 0 Å². The van der Waals surface area contributed by atoms with E-state index in [-0.39, 0.29) is 13.2 Å². The van der Waals surface area contributed by atoms with Crippen LogP contribution in [0.5, 0.6) is 0 Å². The van der Waals surface area contributed by atoms with Gasteiger partial charge in [-0.25, -0.2) is 8.42 Å². The lowest BCUT2D eigenvalue weighted by molar-refractivity contribution is -0.164. The number of hydrogen-bond acceptors (Lipinski definition) is 6. The monoisotopic (exact) mass is 354 g/mol. The lowest BCUT2D eigenvalue weighted by atomic mass is 9.98. The van der Waals surface area contributed by atoms with Crippen LogP contribution in [0.3, 0.4) is 0 Å². The van der Waals surface area contributed by atoms with Gasteiger partial charge in [0.1, 0.15) is 0 Å². The van der Waals surface area contributed by atoms with Gasteiger partial charge in [0.2, 0.25) is 0 Å². The second-order valence-electron chi connectivity index (χ2n) is 5.95. The molecule has 0 N–H and O–H groups in total. The molecule has 1 aliphatic rings. The summed E-state index contributed by atoms with van der Waals surface area (Å²) in [4.78, 5) is 25.1. The van der Waals surface area contributed by atoms with Gasteiger partial charge in [-0.15, -0.1) is 0 Å². The highest BCUT2D eigenvalue weighted by atomic mass is 32.2. The van der Waals surface area contributed by atoms with Gasteiger partial charge in [0.05, 0.1) is 18.5 Å². The van der Waals surface area contributed by atoms with Crippen molar-refractivity contribution in [3.8, 4) is 0 Å². The summed E-state index contributed by atoms with van der Waals surface area (Å²) in [6.45, 7) is 5.22. The van der Waals surface area contributed by atoms with Crippen LogP contribution in [-0.2, 0) is 28.9 Å². The van der Waals surface area contributed by atoms with E-state index in [0.29, 0.717) is 5.56 Å². The summed E-state index contributed by atoms with van der Waals surface area (Å²) in [6.07, 6.45) is 1.03. The minimum absolute atomic E-state index is 0.0527. The highest BCUT2D eigenvalue weighted by Gasteiger charge is 2.80. The van der Waals surface area contributed by atoms with Crippen LogP contribution in [0.15, 0.2) is 24.3 Å². The average molecular weight is 354 g/mol. The molecule has 0 saturated heterocycles. The standard InChI is InChI=1S/C17H22O6S/c1-5-22-15(18)17(16(19)23-6-2)13(14(17)24(4,20)21)12-9-7-11(3)8-10-12/h7-10,13-14H,5-6H2,1-4H3/t13-,14-/m1/s1. The minimum Gasteiger partial charge on any atom is -0.465 e. The highest BCUT2D eigenvalue weighted by molar-refractivity contribution is 7.91. The normalized spacial score (nSPS) is 21.8. The van der Waals surface area contributed by atoms with Gasteiger partial charge >= 0.3 is 11.9 Å². The molecule has 7 heteroatoms. The molecule has 2 atom stereocenters. The second kappa shape index (κ2) is 6.55. The molecule has 0 spiro atoms. The van der Waals surface area contributed by atoms with Crippen molar-refractivity contribution < 1.29 is 27.5 Å². The number of hydrogen-bond donors (Lipinski definition) is 0. The average Bonchev–Trinajstić information content (AvgIpc) is 3.20. The summed E-state index contributed by atoms with van der Waals surface area (Å²) in [5.41, 5.74) is -0.222. The molecule has 0 bridgehead atoms. The maximum Gasteiger partial charge on any atom is 0.325 e. The predicted octanol–water partition coefficient (Wildman–Crippen LogP) is 1.62. The summed E-state index contributed by atoms with van der Waals surface area (Å²) in [6, 6.07) is 7.10. The Kier molecular flexibility index (Phi) is 5.03. The number of esters is 2. The van der Waals surface area contributed by atoms with Crippen LogP contribution in [0, 0.1) is 12.3 Å². The van der Waals surface area contributed by atoms with Crippen molar-refractivity contribution in [3.05, 3.63) is 35.4 Å². The summed E-state index contributed by atoms with van der Waals surface area (Å²) in [7, 11) is -3.67. The van der Waals surface area contributed by atoms with Gasteiger partial charge in [0.25, 0.3) is 0 Å². The van der Waals surface area contributed by atoms with Gasteiger partial charge in [0, 0.05) is 12.2 Å². The Balaban J connectivity index is 2.58. The van der Waals surface area contributed by atoms with Crippen LogP contribution in [0.1, 0.15) is 30.9 Å². The molecule has 24 heavy (non-hydrogen) atoms. The zero-order valence-corrected chi connectivity index (χ0v) is 15.1. The van der Waals surface area contributed by atoms with E-state index in [4.69, 9.17) is 9.47 Å². The Morgan fingerprint density at radius 3 is 1.88 bits per heavy atom. The number of carbonyl (C=O) groups excluding carboxylic acids is 2. The van der Waals surface area contributed by atoms with E-state index >= 15 is 0 Å². The van der Waals surface area contributed by atoms with E-state index in [0.717, 1.165) is 11.8 Å². The second-order valence-corrected chi connectivity index (χ2v) is 8.12. The van der Waals surface area contributed by atoms with Gasteiger partial charge < -0.3 is 9.47 Å². The van der Waals surface area contributed by atoms with Crippen molar-refractivity contribution in [2.24, 2.45) is 5.41 Å². The molecular formula is C17H22O6S. The molecule has 0 unspecified atom stereocenters. The van der Waals surface area contributed by atoms with Crippen molar-refractivity contribution in [2.45, 2.75) is 31.9 Å². The largest absolute Gasteiger partial charge is 0.465 e. The first kappa shape index (κ1) is 18.4. The lowest BCUT2D eigenvalue weighted by Gasteiger charge is -2.15. The number of rotatable bonds is 6. The number of ether oxygens (including phenoxy) is 2. The van der Waals surface area contributed by atoms with Crippen molar-refractivity contribution in [3.63, 3.8) is 0 Å². The van der Waals surface area contributed by atoms with Crippen LogP contribution in [0.4, 0.5) is 0 Å². The SMILES string of the molecule is CCOC(=O)C1(C(=O)OCC)[C@H](c2ccc(C)cc2)[C@H]1S(C)(=O)=O. The Morgan fingerprint density at radius 2 is 1.50 bits per heavy atom. The van der Waals surface area contributed by atoms with Crippen molar-refractivity contribution in [1.82, 2.24) is 0 Å². The van der Waals surface area contributed by atoms with Crippen LogP contribution in [-0.4, -0.2) is 45.1 Å². The van der Waals surface area contributed by atoms with Gasteiger partial charge in [-0.05, 0) is 26.3 Å². The number of benzene rings is 1. The van der Waals surface area contributed by atoms with Crippen molar-refractivity contribution in [2.75, 3.05) is 19.5 Å². The summed E-state index contributed by atoms with van der Waals surface area (Å²) in [5, 5.41) is -1.18. The third kappa shape index (κ3) is 2.92. The van der Waals surface area contributed by atoms with Crippen molar-refractivity contribution in [1.29, 1.82) is 0 Å². The van der Waals surface area contributed by atoms with Crippen molar-refractivity contribution >= 4 is 21.8 Å². The fourth-order valence-electron chi connectivity index (χ4n) is 3.22. The third-order valence-electron chi connectivity index (χ3n) is 4.26. The molecule has 1 aromatic carbocycles. The molecule has 1 aromatic rings. The topological polar surface area (TPSA) is 86.7 Å². The van der Waals surface area contributed by atoms with Crippen LogP contribution in [0.25, 0.3) is 0 Å². The Hall–Kier alpha value is -1.89. The molecule has 1 aliphatic carbocycles. The third-order valence-corrected chi connectivity index (χ3v) is 5.82. The molecular weight excluding hydrogens is 332 g/mol. The Labute approximate surface area is 142 Å². The minimum atomic E-state index is -3.67. The quantitative estimate of drug-likeness (QED) is 0.570. The van der Waals surface area contributed by atoms with E-state index < -0.39 is 38.4 Å². The van der Waals surface area contributed by atoms with Gasteiger partial charge in [-0.2, -0.15) is 0 Å². The van der Waals surface area contributed by atoms with Gasteiger partial charge in [-0.1, -0.05) is 29.8 Å². The maximum absolute atomic E-state index is 12.6. The van der Waals surface area contributed by atoms with Crippen LogP contribution in [0.2, 0.25) is 0 Å². The first-order valence-electron chi connectivity index (χ1n) is 7.81. The molecule has 0 radical (unpaired) electrons. The van der Waals surface area contributed by atoms with E-state index in [9.17, 15) is 18.0 Å².